The second-order valence-electron chi connectivity index (χ2n) is 3.94. The highest BCUT2D eigenvalue weighted by molar-refractivity contribution is 5.73. The second kappa shape index (κ2) is 9.11. The first-order valence-corrected chi connectivity index (χ1v) is 5.10. The van der Waals surface area contributed by atoms with Crippen LogP contribution in [-0.4, -0.2) is 41.3 Å². The average molecular weight is 234 g/mol. The lowest BCUT2D eigenvalue weighted by molar-refractivity contribution is -0.140. The molecule has 0 aromatic carbocycles. The van der Waals surface area contributed by atoms with E-state index in [4.69, 9.17) is 15.9 Å². The quantitative estimate of drug-likeness (QED) is 0.537. The van der Waals surface area contributed by atoms with Gasteiger partial charge in [0.05, 0.1) is 0 Å². The number of nitrogens with one attached hydrogen (secondary N) is 1. The van der Waals surface area contributed by atoms with Crippen molar-refractivity contribution in [1.82, 2.24) is 5.32 Å². The van der Waals surface area contributed by atoms with Crippen LogP contribution < -0.4 is 11.1 Å². The van der Waals surface area contributed by atoms with E-state index in [1.165, 1.54) is 6.92 Å². The van der Waals surface area contributed by atoms with E-state index in [-0.39, 0.29) is 6.04 Å². The molecule has 0 bridgehead atoms. The molecular weight excluding hydrogens is 212 g/mol. The highest BCUT2D eigenvalue weighted by atomic mass is 16.4. The minimum absolute atomic E-state index is 0.389. The van der Waals surface area contributed by atoms with Gasteiger partial charge < -0.3 is 21.3 Å². The first kappa shape index (κ1) is 17.3. The molecule has 0 rings (SSSR count). The Labute approximate surface area is 95.8 Å². The van der Waals surface area contributed by atoms with Gasteiger partial charge in [-0.3, -0.25) is 9.59 Å². The molecule has 0 aliphatic rings. The number of carbonyl (C=O) groups is 2. The Kier molecular flexibility index (Phi) is 9.83. The molecule has 0 radical (unpaired) electrons. The zero-order valence-corrected chi connectivity index (χ0v) is 10.2. The third-order valence-corrected chi connectivity index (χ3v) is 1.74. The van der Waals surface area contributed by atoms with Crippen molar-refractivity contribution in [3.05, 3.63) is 0 Å². The molecule has 2 atom stereocenters. The summed E-state index contributed by atoms with van der Waals surface area (Å²) in [6, 6.07) is -1.12. The highest BCUT2D eigenvalue weighted by Crippen LogP contribution is 2.03. The van der Waals surface area contributed by atoms with Crippen LogP contribution in [0.5, 0.6) is 0 Å². The van der Waals surface area contributed by atoms with Crippen LogP contribution in [0.2, 0.25) is 0 Å². The van der Waals surface area contributed by atoms with Gasteiger partial charge in [-0.05, 0) is 26.3 Å². The molecule has 0 spiro atoms. The molecule has 0 saturated carbocycles. The predicted octanol–water partition coefficient (Wildman–Crippen LogP) is 0.123. The Balaban J connectivity index is 0. The van der Waals surface area contributed by atoms with E-state index in [0.29, 0.717) is 12.3 Å². The Bertz CT molecular complexity index is 217. The topological polar surface area (TPSA) is 113 Å². The van der Waals surface area contributed by atoms with Crippen molar-refractivity contribution in [3.63, 3.8) is 0 Å². The van der Waals surface area contributed by atoms with Crippen molar-refractivity contribution >= 4 is 11.9 Å². The maximum absolute atomic E-state index is 10.4. The fourth-order valence-electron chi connectivity index (χ4n) is 0.814. The third kappa shape index (κ3) is 10.9. The molecule has 96 valence electrons. The van der Waals surface area contributed by atoms with E-state index in [1.54, 1.807) is 7.05 Å². The molecule has 6 heteroatoms. The van der Waals surface area contributed by atoms with Crippen LogP contribution in [0.15, 0.2) is 0 Å². The summed E-state index contributed by atoms with van der Waals surface area (Å²) in [6.45, 7) is 5.43. The van der Waals surface area contributed by atoms with Gasteiger partial charge in [-0.2, -0.15) is 0 Å². The van der Waals surface area contributed by atoms with Gasteiger partial charge in [0.15, 0.2) is 0 Å². The van der Waals surface area contributed by atoms with E-state index < -0.39 is 18.0 Å². The number of likely N-dealkylation sites (N-methyl/N-ethyl adjacent to an activating group) is 1. The number of hydrogen-bond donors (Lipinski definition) is 4. The van der Waals surface area contributed by atoms with Crippen LogP contribution in [0.25, 0.3) is 0 Å². The first-order valence-electron chi connectivity index (χ1n) is 5.10. The predicted molar refractivity (Wildman–Crippen MR) is 61.2 cm³/mol. The minimum atomic E-state index is -0.963. The summed E-state index contributed by atoms with van der Waals surface area (Å²) < 4.78 is 0. The Morgan fingerprint density at radius 2 is 1.56 bits per heavy atom. The second-order valence-corrected chi connectivity index (χ2v) is 3.94. The van der Waals surface area contributed by atoms with Gasteiger partial charge in [0.25, 0.3) is 0 Å². The molecular formula is C10H22N2O4. The van der Waals surface area contributed by atoms with Crippen molar-refractivity contribution in [1.29, 1.82) is 0 Å². The number of hydrogen-bond acceptors (Lipinski definition) is 4. The van der Waals surface area contributed by atoms with Gasteiger partial charge in [0, 0.05) is 0 Å². The van der Waals surface area contributed by atoms with Crippen LogP contribution in [0.1, 0.15) is 27.2 Å². The first-order chi connectivity index (χ1) is 7.22. The Hall–Kier alpha value is -1.14. The fourth-order valence-corrected chi connectivity index (χ4v) is 0.814. The van der Waals surface area contributed by atoms with Crippen molar-refractivity contribution < 1.29 is 19.8 Å². The van der Waals surface area contributed by atoms with Gasteiger partial charge in [-0.15, -0.1) is 0 Å². The van der Waals surface area contributed by atoms with E-state index in [2.05, 4.69) is 5.32 Å². The smallest absolute Gasteiger partial charge is 0.320 e. The van der Waals surface area contributed by atoms with Gasteiger partial charge in [0.2, 0.25) is 0 Å². The van der Waals surface area contributed by atoms with Crippen LogP contribution in [0.3, 0.4) is 0 Å². The average Bonchev–Trinajstić information content (AvgIpc) is 2.14. The molecule has 0 saturated heterocycles. The van der Waals surface area contributed by atoms with Crippen LogP contribution >= 0.6 is 0 Å². The molecule has 0 amide bonds. The number of rotatable bonds is 5. The van der Waals surface area contributed by atoms with Crippen molar-refractivity contribution in [2.24, 2.45) is 11.7 Å². The van der Waals surface area contributed by atoms with Crippen LogP contribution in [-0.2, 0) is 9.59 Å². The van der Waals surface area contributed by atoms with Crippen LogP contribution in [0.4, 0.5) is 0 Å². The lowest BCUT2D eigenvalue weighted by Crippen LogP contribution is -2.34. The van der Waals surface area contributed by atoms with Gasteiger partial charge in [-0.1, -0.05) is 13.8 Å². The monoisotopic (exact) mass is 234 g/mol. The summed E-state index contributed by atoms with van der Waals surface area (Å²) in [5.41, 5.74) is 4.84. The van der Waals surface area contributed by atoms with Crippen LogP contribution in [0, 0.1) is 5.92 Å². The number of carboxylic acid groups (broad SMARTS) is 2. The molecule has 0 aromatic rings. The maximum atomic E-state index is 10.4. The van der Waals surface area contributed by atoms with E-state index in [1.807, 2.05) is 13.8 Å². The zero-order valence-electron chi connectivity index (χ0n) is 10.2. The third-order valence-electron chi connectivity index (χ3n) is 1.74. The van der Waals surface area contributed by atoms with Crippen molar-refractivity contribution in [3.8, 4) is 0 Å². The lowest BCUT2D eigenvalue weighted by Gasteiger charge is -2.12. The summed E-state index contributed by atoms with van der Waals surface area (Å²) in [5.74, 6) is -1.31. The number of aliphatic carboxylic acids is 2. The minimum Gasteiger partial charge on any atom is -0.480 e. The highest BCUT2D eigenvalue weighted by Gasteiger charge is 2.15. The lowest BCUT2D eigenvalue weighted by atomic mass is 10.0. The molecule has 0 heterocycles. The molecule has 0 fully saturated rings. The summed E-state index contributed by atoms with van der Waals surface area (Å²) in [4.78, 5) is 20.0. The standard InChI is InChI=1S/C7H15NO2.C3H7NO2/c1-5(2)4-6(8-3)7(9)10;1-2(4)3(5)6/h5-6,8H,4H2,1-3H3,(H,9,10);2H,4H2,1H3,(H,5,6)/t6-;2-/m01/s1. The Morgan fingerprint density at radius 3 is 1.62 bits per heavy atom. The van der Waals surface area contributed by atoms with Gasteiger partial charge in [-0.25, -0.2) is 0 Å². The van der Waals surface area contributed by atoms with Gasteiger partial charge in [0.1, 0.15) is 12.1 Å². The SMILES string of the molecule is CN[C@@H](CC(C)C)C(=O)O.C[C@@H](N)C(=O)O. The largest absolute Gasteiger partial charge is 0.480 e. The fraction of sp³-hybridized carbons (Fsp3) is 0.800. The normalized spacial score (nSPS) is 13.6. The van der Waals surface area contributed by atoms with Crippen molar-refractivity contribution in [2.45, 2.75) is 39.3 Å². The Morgan fingerprint density at radius 1 is 1.19 bits per heavy atom. The molecule has 0 unspecified atom stereocenters. The van der Waals surface area contributed by atoms with E-state index in [0.717, 1.165) is 0 Å². The molecule has 0 aliphatic carbocycles. The summed E-state index contributed by atoms with van der Waals surface area (Å²) in [5, 5.41) is 19.2. The summed E-state index contributed by atoms with van der Waals surface area (Å²) in [6.07, 6.45) is 0.686. The van der Waals surface area contributed by atoms with E-state index in [9.17, 15) is 9.59 Å². The number of carboxylic acids is 2. The maximum Gasteiger partial charge on any atom is 0.320 e. The molecule has 16 heavy (non-hydrogen) atoms. The zero-order chi connectivity index (χ0) is 13.3. The molecule has 0 aliphatic heterocycles. The number of nitrogens with two attached hydrogens (primary N) is 1. The molecule has 6 nitrogen and oxygen atoms in total. The molecule has 0 aromatic heterocycles. The van der Waals surface area contributed by atoms with E-state index >= 15 is 0 Å². The molecule has 5 N–H and O–H groups in total. The summed E-state index contributed by atoms with van der Waals surface area (Å²) in [7, 11) is 1.67. The van der Waals surface area contributed by atoms with Gasteiger partial charge >= 0.3 is 11.9 Å². The van der Waals surface area contributed by atoms with Crippen molar-refractivity contribution in [2.75, 3.05) is 7.05 Å². The summed E-state index contributed by atoms with van der Waals surface area (Å²) >= 11 is 0.